The highest BCUT2D eigenvalue weighted by atomic mass is 19.4. The van der Waals surface area contributed by atoms with Crippen LogP contribution in [0, 0.1) is 0 Å². The van der Waals surface area contributed by atoms with Crippen LogP contribution in [-0.4, -0.2) is 18.0 Å². The summed E-state index contributed by atoms with van der Waals surface area (Å²) >= 11 is 0. The van der Waals surface area contributed by atoms with Crippen molar-refractivity contribution in [2.45, 2.75) is 6.18 Å². The minimum atomic E-state index is -4.45. The van der Waals surface area contributed by atoms with Crippen molar-refractivity contribution in [3.8, 4) is 17.4 Å². The summed E-state index contributed by atoms with van der Waals surface area (Å²) in [6.07, 6.45) is -3.07. The molecule has 0 aliphatic carbocycles. The number of benzene rings is 2. The van der Waals surface area contributed by atoms with Crippen LogP contribution in [0.15, 0.2) is 66.9 Å². The molecular formula is C20H15F3N2O3. The number of alkyl halides is 3. The molecule has 2 aromatic carbocycles. The predicted octanol–water partition coefficient (Wildman–Crippen LogP) is 5.15. The van der Waals surface area contributed by atoms with Crippen molar-refractivity contribution in [3.63, 3.8) is 0 Å². The second kappa shape index (κ2) is 7.99. The first-order valence-electron chi connectivity index (χ1n) is 8.12. The van der Waals surface area contributed by atoms with Gasteiger partial charge >= 0.3 is 6.18 Å². The molecule has 3 aromatic rings. The van der Waals surface area contributed by atoms with Crippen LogP contribution in [0.1, 0.15) is 15.9 Å². The zero-order valence-corrected chi connectivity index (χ0v) is 14.7. The third kappa shape index (κ3) is 4.59. The average molecular weight is 388 g/mol. The van der Waals surface area contributed by atoms with E-state index in [0.717, 1.165) is 24.3 Å². The summed E-state index contributed by atoms with van der Waals surface area (Å²) in [6.45, 7) is 0. The fraction of sp³-hybridized carbons (Fsp3) is 0.100. The van der Waals surface area contributed by atoms with Crippen LogP contribution in [-0.2, 0) is 6.18 Å². The van der Waals surface area contributed by atoms with Crippen LogP contribution in [0.25, 0.3) is 0 Å². The number of ether oxygens (including phenoxy) is 2. The molecule has 0 atom stereocenters. The molecule has 3 rings (SSSR count). The number of nitrogens with one attached hydrogen (secondary N) is 1. The summed E-state index contributed by atoms with van der Waals surface area (Å²) in [6, 6.07) is 14.1. The van der Waals surface area contributed by atoms with Gasteiger partial charge in [-0.15, -0.1) is 0 Å². The van der Waals surface area contributed by atoms with Crippen molar-refractivity contribution in [3.05, 3.63) is 78.0 Å². The van der Waals surface area contributed by atoms with Gasteiger partial charge in [-0.25, -0.2) is 4.98 Å². The quantitative estimate of drug-likeness (QED) is 0.656. The second-order valence-electron chi connectivity index (χ2n) is 5.67. The summed E-state index contributed by atoms with van der Waals surface area (Å²) in [5.74, 6) is 0.772. The van der Waals surface area contributed by atoms with E-state index in [4.69, 9.17) is 9.47 Å². The molecule has 1 N–H and O–H groups in total. The molecule has 0 saturated carbocycles. The molecule has 0 unspecified atom stereocenters. The zero-order chi connectivity index (χ0) is 20.1. The fourth-order valence-electron chi connectivity index (χ4n) is 2.34. The number of carbonyl (C=O) groups is 1. The molecule has 28 heavy (non-hydrogen) atoms. The van der Waals surface area contributed by atoms with Gasteiger partial charge in [0.15, 0.2) is 11.5 Å². The molecule has 0 fully saturated rings. The topological polar surface area (TPSA) is 60.5 Å². The van der Waals surface area contributed by atoms with E-state index in [0.29, 0.717) is 17.2 Å². The van der Waals surface area contributed by atoms with E-state index in [1.807, 2.05) is 0 Å². The molecule has 0 radical (unpaired) electrons. The lowest BCUT2D eigenvalue weighted by Gasteiger charge is -2.10. The van der Waals surface area contributed by atoms with Crippen LogP contribution in [0.2, 0.25) is 0 Å². The van der Waals surface area contributed by atoms with Gasteiger partial charge in [0.2, 0.25) is 5.88 Å². The Labute approximate surface area is 158 Å². The highest BCUT2D eigenvalue weighted by Crippen LogP contribution is 2.31. The number of hydrogen-bond acceptors (Lipinski definition) is 4. The molecule has 0 aliphatic heterocycles. The number of methoxy groups -OCH3 is 1. The zero-order valence-electron chi connectivity index (χ0n) is 14.7. The van der Waals surface area contributed by atoms with Crippen LogP contribution in [0.5, 0.6) is 17.4 Å². The first kappa shape index (κ1) is 19.2. The Bertz CT molecular complexity index is 956. The normalized spacial score (nSPS) is 11.0. The van der Waals surface area contributed by atoms with E-state index in [-0.39, 0.29) is 11.4 Å². The van der Waals surface area contributed by atoms with Gasteiger partial charge in [0, 0.05) is 11.6 Å². The molecule has 144 valence electrons. The summed E-state index contributed by atoms with van der Waals surface area (Å²) < 4.78 is 48.6. The van der Waals surface area contributed by atoms with Gasteiger partial charge in [-0.1, -0.05) is 12.1 Å². The summed E-state index contributed by atoms with van der Waals surface area (Å²) in [4.78, 5) is 16.3. The monoisotopic (exact) mass is 388 g/mol. The molecule has 0 spiro atoms. The predicted molar refractivity (Wildman–Crippen MR) is 96.7 cm³/mol. The lowest BCUT2D eigenvalue weighted by atomic mass is 10.1. The van der Waals surface area contributed by atoms with Gasteiger partial charge in [0.1, 0.15) is 0 Å². The smallest absolute Gasteiger partial charge is 0.416 e. The van der Waals surface area contributed by atoms with Gasteiger partial charge in [-0.2, -0.15) is 13.2 Å². The molecule has 0 bridgehead atoms. The van der Waals surface area contributed by atoms with Crippen LogP contribution in [0.3, 0.4) is 0 Å². The second-order valence-corrected chi connectivity index (χ2v) is 5.67. The standard InChI is InChI=1S/C20H15F3N2O3/c1-27-16-4-2-3-5-17(16)28-18-11-10-15(12-24-18)25-19(26)13-6-8-14(9-7-13)20(21,22)23/h2-12H,1H3,(H,25,26). The number of rotatable bonds is 5. The number of amides is 1. The summed E-state index contributed by atoms with van der Waals surface area (Å²) in [7, 11) is 1.52. The lowest BCUT2D eigenvalue weighted by molar-refractivity contribution is -0.137. The SMILES string of the molecule is COc1ccccc1Oc1ccc(NC(=O)c2ccc(C(F)(F)F)cc2)cn1. The van der Waals surface area contributed by atoms with Gasteiger partial charge < -0.3 is 14.8 Å². The Balaban J connectivity index is 1.66. The summed E-state index contributed by atoms with van der Waals surface area (Å²) in [5.41, 5.74) is -0.344. The molecule has 1 amide bonds. The van der Waals surface area contributed by atoms with Crippen molar-refractivity contribution in [2.24, 2.45) is 0 Å². The molecule has 0 saturated heterocycles. The number of pyridine rings is 1. The Morgan fingerprint density at radius 2 is 1.64 bits per heavy atom. The summed E-state index contributed by atoms with van der Waals surface area (Å²) in [5, 5.41) is 2.57. The maximum atomic E-state index is 12.6. The molecule has 0 aliphatic rings. The average Bonchev–Trinajstić information content (AvgIpc) is 2.69. The number of hydrogen-bond donors (Lipinski definition) is 1. The number of halogens is 3. The molecule has 1 aromatic heterocycles. The van der Waals surface area contributed by atoms with Crippen molar-refractivity contribution in [2.75, 3.05) is 12.4 Å². The third-order valence-corrected chi connectivity index (χ3v) is 3.75. The first-order valence-corrected chi connectivity index (χ1v) is 8.12. The minimum Gasteiger partial charge on any atom is -0.493 e. The van der Waals surface area contributed by atoms with Gasteiger partial charge in [-0.3, -0.25) is 4.79 Å². The van der Waals surface area contributed by atoms with E-state index in [9.17, 15) is 18.0 Å². The molecule has 5 nitrogen and oxygen atoms in total. The number of nitrogens with zero attached hydrogens (tertiary/aromatic N) is 1. The Morgan fingerprint density at radius 1 is 0.964 bits per heavy atom. The molecule has 8 heteroatoms. The molecule has 1 heterocycles. The van der Waals surface area contributed by atoms with Crippen molar-refractivity contribution >= 4 is 11.6 Å². The van der Waals surface area contributed by atoms with Crippen molar-refractivity contribution in [1.82, 2.24) is 4.98 Å². The van der Waals surface area contributed by atoms with Crippen molar-refractivity contribution in [1.29, 1.82) is 0 Å². The maximum absolute atomic E-state index is 12.6. The van der Waals surface area contributed by atoms with Gasteiger partial charge in [0.05, 0.1) is 24.6 Å². The third-order valence-electron chi connectivity index (χ3n) is 3.75. The highest BCUT2D eigenvalue weighted by molar-refractivity contribution is 6.04. The lowest BCUT2D eigenvalue weighted by Crippen LogP contribution is -2.13. The number of aromatic nitrogens is 1. The maximum Gasteiger partial charge on any atom is 0.416 e. The Morgan fingerprint density at radius 3 is 2.21 bits per heavy atom. The van der Waals surface area contributed by atoms with Crippen molar-refractivity contribution < 1.29 is 27.4 Å². The Kier molecular flexibility index (Phi) is 5.49. The van der Waals surface area contributed by atoms with E-state index < -0.39 is 17.6 Å². The number of anilines is 1. The van der Waals surface area contributed by atoms with E-state index in [1.165, 1.54) is 13.3 Å². The Hall–Kier alpha value is -3.55. The van der Waals surface area contributed by atoms with Crippen LogP contribution in [0.4, 0.5) is 18.9 Å². The van der Waals surface area contributed by atoms with Crippen LogP contribution >= 0.6 is 0 Å². The number of para-hydroxylation sites is 2. The largest absolute Gasteiger partial charge is 0.493 e. The fourth-order valence-corrected chi connectivity index (χ4v) is 2.34. The van der Waals surface area contributed by atoms with E-state index in [2.05, 4.69) is 10.3 Å². The van der Waals surface area contributed by atoms with Gasteiger partial charge in [-0.05, 0) is 42.5 Å². The van der Waals surface area contributed by atoms with E-state index in [1.54, 1.807) is 36.4 Å². The highest BCUT2D eigenvalue weighted by Gasteiger charge is 2.30. The van der Waals surface area contributed by atoms with Crippen LogP contribution < -0.4 is 14.8 Å². The van der Waals surface area contributed by atoms with Gasteiger partial charge in [0.25, 0.3) is 5.91 Å². The van der Waals surface area contributed by atoms with E-state index >= 15 is 0 Å². The number of carbonyl (C=O) groups excluding carboxylic acids is 1. The first-order chi connectivity index (χ1) is 13.4. The minimum absolute atomic E-state index is 0.0994. The molecular weight excluding hydrogens is 373 g/mol.